The van der Waals surface area contributed by atoms with Gasteiger partial charge in [-0.25, -0.2) is 0 Å². The van der Waals surface area contributed by atoms with Gasteiger partial charge in [-0.1, -0.05) is 6.07 Å². The molecular formula is C15H20N2O. The highest BCUT2D eigenvalue weighted by atomic mass is 16.3. The lowest BCUT2D eigenvalue weighted by atomic mass is 10.1. The second kappa shape index (κ2) is 5.17. The minimum atomic E-state index is 0.818. The quantitative estimate of drug-likeness (QED) is 0.840. The summed E-state index contributed by atoms with van der Waals surface area (Å²) < 4.78 is 5.57. The number of aryl methyl sites for hydroxylation is 2. The summed E-state index contributed by atoms with van der Waals surface area (Å²) in [6, 6.07) is 10.1. The molecular weight excluding hydrogens is 224 g/mol. The van der Waals surface area contributed by atoms with E-state index in [1.807, 2.05) is 31.2 Å². The van der Waals surface area contributed by atoms with Crippen LogP contribution in [-0.2, 0) is 6.42 Å². The van der Waals surface area contributed by atoms with Gasteiger partial charge in [0, 0.05) is 20.0 Å². The summed E-state index contributed by atoms with van der Waals surface area (Å²) in [6.07, 6.45) is 0.887. The molecule has 0 fully saturated rings. The highest BCUT2D eigenvalue weighted by Crippen LogP contribution is 2.23. The molecule has 0 atom stereocenters. The molecule has 3 heteroatoms. The van der Waals surface area contributed by atoms with Crippen molar-refractivity contribution in [3.8, 4) is 0 Å². The zero-order chi connectivity index (χ0) is 13.1. The van der Waals surface area contributed by atoms with Crippen molar-refractivity contribution in [1.29, 1.82) is 0 Å². The summed E-state index contributed by atoms with van der Waals surface area (Å²) in [5.74, 6) is 1.98. The Bertz CT molecular complexity index is 531. The standard InChI is InChI=1S/C15H20N2O/c1-11-4-7-14(16)15(10-11)17(3)9-8-13-6-5-12(2)18-13/h4-7,10H,8-9,16H2,1-3H3. The number of likely N-dealkylation sites (N-methyl/N-ethyl adjacent to an activating group) is 1. The molecule has 18 heavy (non-hydrogen) atoms. The highest BCUT2D eigenvalue weighted by molar-refractivity contribution is 5.68. The Kier molecular flexibility index (Phi) is 3.60. The van der Waals surface area contributed by atoms with Crippen LogP contribution >= 0.6 is 0 Å². The summed E-state index contributed by atoms with van der Waals surface area (Å²) in [5.41, 5.74) is 9.12. The van der Waals surface area contributed by atoms with Crippen LogP contribution in [0.15, 0.2) is 34.7 Å². The first-order chi connectivity index (χ1) is 8.56. The average Bonchev–Trinajstić information content (AvgIpc) is 2.75. The largest absolute Gasteiger partial charge is 0.466 e. The number of rotatable bonds is 4. The molecule has 0 spiro atoms. The third kappa shape index (κ3) is 2.86. The SMILES string of the molecule is Cc1ccc(N)c(N(C)CCc2ccc(C)o2)c1. The van der Waals surface area contributed by atoms with E-state index in [9.17, 15) is 0 Å². The Balaban J connectivity index is 2.03. The number of hydrogen-bond donors (Lipinski definition) is 1. The van der Waals surface area contributed by atoms with Crippen LogP contribution in [0, 0.1) is 13.8 Å². The maximum atomic E-state index is 6.00. The summed E-state index contributed by atoms with van der Waals surface area (Å²) in [5, 5.41) is 0. The predicted octanol–water partition coefficient (Wildman–Crippen LogP) is 3.16. The van der Waals surface area contributed by atoms with Crippen LogP contribution in [0.2, 0.25) is 0 Å². The van der Waals surface area contributed by atoms with Gasteiger partial charge < -0.3 is 15.1 Å². The molecule has 96 valence electrons. The Morgan fingerprint density at radius 2 is 1.94 bits per heavy atom. The van der Waals surface area contributed by atoms with Crippen LogP contribution in [0.1, 0.15) is 17.1 Å². The van der Waals surface area contributed by atoms with Crippen molar-refractivity contribution in [3.63, 3.8) is 0 Å². The molecule has 1 aromatic carbocycles. The van der Waals surface area contributed by atoms with Crippen molar-refractivity contribution in [2.24, 2.45) is 0 Å². The highest BCUT2D eigenvalue weighted by Gasteiger charge is 2.07. The van der Waals surface area contributed by atoms with Crippen LogP contribution in [0.4, 0.5) is 11.4 Å². The molecule has 0 saturated carbocycles. The van der Waals surface area contributed by atoms with Gasteiger partial charge in [-0.15, -0.1) is 0 Å². The molecule has 0 unspecified atom stereocenters. The average molecular weight is 244 g/mol. The molecule has 3 nitrogen and oxygen atoms in total. The van der Waals surface area contributed by atoms with Gasteiger partial charge in [-0.3, -0.25) is 0 Å². The van der Waals surface area contributed by atoms with Crippen molar-refractivity contribution in [3.05, 3.63) is 47.4 Å². The minimum Gasteiger partial charge on any atom is -0.466 e. The van der Waals surface area contributed by atoms with Crippen LogP contribution in [-0.4, -0.2) is 13.6 Å². The van der Waals surface area contributed by atoms with Crippen LogP contribution in [0.3, 0.4) is 0 Å². The van der Waals surface area contributed by atoms with Gasteiger partial charge >= 0.3 is 0 Å². The van der Waals surface area contributed by atoms with Crippen LogP contribution in [0.5, 0.6) is 0 Å². The van der Waals surface area contributed by atoms with Crippen molar-refractivity contribution in [2.75, 3.05) is 24.2 Å². The second-order valence-electron chi connectivity index (χ2n) is 4.75. The molecule has 2 aromatic rings. The predicted molar refractivity (Wildman–Crippen MR) is 76.0 cm³/mol. The maximum Gasteiger partial charge on any atom is 0.105 e. The summed E-state index contributed by atoms with van der Waals surface area (Å²) >= 11 is 0. The van der Waals surface area contributed by atoms with Crippen LogP contribution < -0.4 is 10.6 Å². The monoisotopic (exact) mass is 244 g/mol. The van der Waals surface area contributed by atoms with Crippen molar-refractivity contribution < 1.29 is 4.42 Å². The molecule has 1 heterocycles. The fourth-order valence-electron chi connectivity index (χ4n) is 2.00. The van der Waals surface area contributed by atoms with Gasteiger partial charge in [0.05, 0.1) is 11.4 Å². The molecule has 0 amide bonds. The Labute approximate surface area is 108 Å². The number of furan rings is 1. The number of hydrogen-bond acceptors (Lipinski definition) is 3. The fourth-order valence-corrected chi connectivity index (χ4v) is 2.00. The number of nitrogen functional groups attached to an aromatic ring is 1. The number of nitrogens with two attached hydrogens (primary N) is 1. The first-order valence-corrected chi connectivity index (χ1v) is 6.19. The number of benzene rings is 1. The van der Waals surface area contributed by atoms with Gasteiger partial charge in [0.25, 0.3) is 0 Å². The smallest absolute Gasteiger partial charge is 0.105 e. The lowest BCUT2D eigenvalue weighted by Gasteiger charge is -2.21. The fraction of sp³-hybridized carbons (Fsp3) is 0.333. The van der Waals surface area contributed by atoms with Gasteiger partial charge in [0.1, 0.15) is 11.5 Å². The van der Waals surface area contributed by atoms with Crippen LogP contribution in [0.25, 0.3) is 0 Å². The summed E-state index contributed by atoms with van der Waals surface area (Å²) in [4.78, 5) is 2.17. The third-order valence-corrected chi connectivity index (χ3v) is 3.09. The molecule has 1 aromatic heterocycles. The zero-order valence-corrected chi connectivity index (χ0v) is 11.2. The minimum absolute atomic E-state index is 0.818. The molecule has 0 aliphatic carbocycles. The lowest BCUT2D eigenvalue weighted by molar-refractivity contribution is 0.483. The van der Waals surface area contributed by atoms with Crippen molar-refractivity contribution in [1.82, 2.24) is 0 Å². The molecule has 0 aliphatic heterocycles. The first-order valence-electron chi connectivity index (χ1n) is 6.19. The van der Waals surface area contributed by atoms with E-state index in [1.165, 1.54) is 5.56 Å². The van der Waals surface area contributed by atoms with Gasteiger partial charge in [-0.05, 0) is 43.7 Å². The molecule has 0 radical (unpaired) electrons. The van der Waals surface area contributed by atoms with E-state index in [0.717, 1.165) is 35.9 Å². The molecule has 0 bridgehead atoms. The molecule has 2 N–H and O–H groups in total. The van der Waals surface area contributed by atoms with Gasteiger partial charge in [0.2, 0.25) is 0 Å². The van der Waals surface area contributed by atoms with E-state index < -0.39 is 0 Å². The molecule has 0 aliphatic rings. The second-order valence-corrected chi connectivity index (χ2v) is 4.75. The zero-order valence-electron chi connectivity index (χ0n) is 11.2. The maximum absolute atomic E-state index is 6.00. The summed E-state index contributed by atoms with van der Waals surface area (Å²) in [6.45, 7) is 4.93. The van der Waals surface area contributed by atoms with Crippen molar-refractivity contribution >= 4 is 11.4 Å². The van der Waals surface area contributed by atoms with Crippen molar-refractivity contribution in [2.45, 2.75) is 20.3 Å². The number of nitrogens with zero attached hydrogens (tertiary/aromatic N) is 1. The first kappa shape index (κ1) is 12.6. The normalized spacial score (nSPS) is 10.6. The van der Waals surface area contributed by atoms with E-state index in [0.29, 0.717) is 0 Å². The van der Waals surface area contributed by atoms with E-state index in [2.05, 4.69) is 24.9 Å². The Hall–Kier alpha value is -1.90. The third-order valence-electron chi connectivity index (χ3n) is 3.09. The number of anilines is 2. The Morgan fingerprint density at radius 1 is 1.17 bits per heavy atom. The summed E-state index contributed by atoms with van der Waals surface area (Å²) in [7, 11) is 2.06. The van der Waals surface area contributed by atoms with E-state index in [1.54, 1.807) is 0 Å². The van der Waals surface area contributed by atoms with E-state index in [4.69, 9.17) is 10.2 Å². The topological polar surface area (TPSA) is 42.4 Å². The molecule has 2 rings (SSSR count). The molecule has 0 saturated heterocycles. The van der Waals surface area contributed by atoms with Gasteiger partial charge in [-0.2, -0.15) is 0 Å². The van der Waals surface area contributed by atoms with Gasteiger partial charge in [0.15, 0.2) is 0 Å². The van der Waals surface area contributed by atoms with E-state index in [-0.39, 0.29) is 0 Å². The Morgan fingerprint density at radius 3 is 2.61 bits per heavy atom. The lowest BCUT2D eigenvalue weighted by Crippen LogP contribution is -2.21. The van der Waals surface area contributed by atoms with E-state index >= 15 is 0 Å².